The molecule has 1 heterocycles. The van der Waals surface area contributed by atoms with Gasteiger partial charge in [-0.05, 0) is 36.1 Å². The van der Waals surface area contributed by atoms with Gasteiger partial charge in [0.15, 0.2) is 0 Å². The molecule has 4 N–H and O–H groups in total. The normalized spacial score (nSPS) is 13.2. The average Bonchev–Trinajstić information content (AvgIpc) is 2.93. The maximum atomic E-state index is 12.3. The molecule has 5 nitrogen and oxygen atoms in total. The summed E-state index contributed by atoms with van der Waals surface area (Å²) in [6.45, 7) is 1.91. The molecule has 1 atom stereocenters. The third-order valence-electron chi connectivity index (χ3n) is 2.90. The third-order valence-corrected chi connectivity index (χ3v) is 5.36. The van der Waals surface area contributed by atoms with Crippen LogP contribution in [0.1, 0.15) is 24.3 Å². The Morgan fingerprint density at radius 1 is 1.40 bits per heavy atom. The predicted molar refractivity (Wildman–Crippen MR) is 80.2 cm³/mol. The highest BCUT2D eigenvalue weighted by Crippen LogP contribution is 2.26. The van der Waals surface area contributed by atoms with E-state index < -0.39 is 10.0 Å². The number of phenols is 1. The first-order chi connectivity index (χ1) is 9.44. The lowest BCUT2D eigenvalue weighted by Gasteiger charge is -2.16. The highest BCUT2D eigenvalue weighted by molar-refractivity contribution is 7.89. The molecule has 0 fully saturated rings. The van der Waals surface area contributed by atoms with E-state index in [1.54, 1.807) is 0 Å². The summed E-state index contributed by atoms with van der Waals surface area (Å²) >= 11 is 1.51. The van der Waals surface area contributed by atoms with E-state index >= 15 is 0 Å². The zero-order valence-corrected chi connectivity index (χ0v) is 12.5. The lowest BCUT2D eigenvalue weighted by Crippen LogP contribution is -2.27. The summed E-state index contributed by atoms with van der Waals surface area (Å²) in [6, 6.07) is 7.36. The Hall–Kier alpha value is -1.57. The van der Waals surface area contributed by atoms with Crippen LogP contribution in [0.4, 0.5) is 5.69 Å². The summed E-state index contributed by atoms with van der Waals surface area (Å²) in [6.07, 6.45) is 0.646. The smallest absolute Gasteiger partial charge is 0.241 e. The quantitative estimate of drug-likeness (QED) is 0.584. The first-order valence-corrected chi connectivity index (χ1v) is 8.44. The van der Waals surface area contributed by atoms with Crippen LogP contribution in [0, 0.1) is 0 Å². The Morgan fingerprint density at radius 3 is 2.70 bits per heavy atom. The van der Waals surface area contributed by atoms with Gasteiger partial charge in [-0.2, -0.15) is 0 Å². The number of nitrogen functional groups attached to an aromatic ring is 1. The van der Waals surface area contributed by atoms with Crippen LogP contribution in [0.15, 0.2) is 40.6 Å². The first-order valence-electron chi connectivity index (χ1n) is 6.08. The van der Waals surface area contributed by atoms with E-state index in [-0.39, 0.29) is 22.4 Å². The molecule has 0 bridgehead atoms. The van der Waals surface area contributed by atoms with Crippen molar-refractivity contribution in [3.8, 4) is 5.75 Å². The summed E-state index contributed by atoms with van der Waals surface area (Å²) in [5, 5.41) is 11.3. The maximum Gasteiger partial charge on any atom is 0.241 e. The van der Waals surface area contributed by atoms with Crippen LogP contribution in [-0.2, 0) is 10.0 Å². The number of nitrogens with one attached hydrogen (secondary N) is 1. The van der Waals surface area contributed by atoms with Crippen molar-refractivity contribution in [1.82, 2.24) is 4.72 Å². The van der Waals surface area contributed by atoms with Gasteiger partial charge in [-0.1, -0.05) is 13.0 Å². The van der Waals surface area contributed by atoms with E-state index in [2.05, 4.69) is 4.72 Å². The fourth-order valence-corrected chi connectivity index (χ4v) is 4.06. The molecule has 7 heteroatoms. The number of nitrogens with two attached hydrogens (primary N) is 1. The molecule has 1 aromatic carbocycles. The second kappa shape index (κ2) is 5.82. The van der Waals surface area contributed by atoms with Crippen molar-refractivity contribution in [2.75, 3.05) is 5.73 Å². The highest BCUT2D eigenvalue weighted by atomic mass is 32.2. The van der Waals surface area contributed by atoms with Crippen LogP contribution in [0.25, 0.3) is 0 Å². The molecule has 0 radical (unpaired) electrons. The second-order valence-electron chi connectivity index (χ2n) is 4.32. The molecule has 0 amide bonds. The highest BCUT2D eigenvalue weighted by Gasteiger charge is 2.21. The molecule has 1 unspecified atom stereocenters. The average molecular weight is 312 g/mol. The molecule has 108 valence electrons. The monoisotopic (exact) mass is 312 g/mol. The molecule has 1 aromatic heterocycles. The van der Waals surface area contributed by atoms with Crippen molar-refractivity contribution < 1.29 is 13.5 Å². The SMILES string of the molecule is CCC(NS(=O)(=O)c1ccc(O)c(N)c1)c1cccs1. The van der Waals surface area contributed by atoms with Gasteiger partial charge >= 0.3 is 0 Å². The number of anilines is 1. The summed E-state index contributed by atoms with van der Waals surface area (Å²) in [7, 11) is -3.67. The molecule has 0 aliphatic carbocycles. The minimum absolute atomic E-state index is 0.0389. The van der Waals surface area contributed by atoms with Gasteiger partial charge in [0.05, 0.1) is 16.6 Å². The molecule has 0 saturated heterocycles. The van der Waals surface area contributed by atoms with Gasteiger partial charge in [0, 0.05) is 4.88 Å². The van der Waals surface area contributed by atoms with E-state index in [9.17, 15) is 13.5 Å². The van der Waals surface area contributed by atoms with E-state index in [0.717, 1.165) is 4.88 Å². The van der Waals surface area contributed by atoms with Crippen LogP contribution in [0.5, 0.6) is 5.75 Å². The summed E-state index contributed by atoms with van der Waals surface area (Å²) < 4.78 is 27.3. The van der Waals surface area contributed by atoms with Crippen molar-refractivity contribution in [2.24, 2.45) is 0 Å². The lowest BCUT2D eigenvalue weighted by molar-refractivity contribution is 0.477. The number of phenolic OH excluding ortho intramolecular Hbond substituents is 1. The fraction of sp³-hybridized carbons (Fsp3) is 0.231. The molecular weight excluding hydrogens is 296 g/mol. The van der Waals surface area contributed by atoms with Gasteiger partial charge in [-0.3, -0.25) is 0 Å². The molecule has 0 spiro atoms. The van der Waals surface area contributed by atoms with Crippen molar-refractivity contribution in [3.63, 3.8) is 0 Å². The summed E-state index contributed by atoms with van der Waals surface area (Å²) in [5.74, 6) is -0.130. The predicted octanol–water partition coefficient (Wildman–Crippen LogP) is 2.47. The molecular formula is C13H16N2O3S2. The minimum atomic E-state index is -3.67. The van der Waals surface area contributed by atoms with Crippen LogP contribution >= 0.6 is 11.3 Å². The Morgan fingerprint density at radius 2 is 2.15 bits per heavy atom. The lowest BCUT2D eigenvalue weighted by atomic mass is 10.2. The number of aromatic hydroxyl groups is 1. The van der Waals surface area contributed by atoms with Crippen molar-refractivity contribution in [3.05, 3.63) is 40.6 Å². The van der Waals surface area contributed by atoms with Crippen LogP contribution in [0.2, 0.25) is 0 Å². The fourth-order valence-electron chi connectivity index (χ4n) is 1.79. The topological polar surface area (TPSA) is 92.4 Å². The largest absolute Gasteiger partial charge is 0.506 e. The maximum absolute atomic E-state index is 12.3. The standard InChI is InChI=1S/C13H16N2O3S2/c1-2-11(13-4-3-7-19-13)15-20(17,18)9-5-6-12(16)10(14)8-9/h3-8,11,15-16H,2,14H2,1H3. The zero-order chi connectivity index (χ0) is 14.8. The molecule has 0 aliphatic rings. The number of hydrogen-bond donors (Lipinski definition) is 3. The van der Waals surface area contributed by atoms with Crippen LogP contribution in [-0.4, -0.2) is 13.5 Å². The van der Waals surface area contributed by atoms with E-state index in [4.69, 9.17) is 5.73 Å². The van der Waals surface area contributed by atoms with E-state index in [1.165, 1.54) is 29.5 Å². The van der Waals surface area contributed by atoms with Gasteiger partial charge in [-0.15, -0.1) is 11.3 Å². The molecule has 20 heavy (non-hydrogen) atoms. The second-order valence-corrected chi connectivity index (χ2v) is 7.01. The van der Waals surface area contributed by atoms with E-state index in [0.29, 0.717) is 6.42 Å². The summed E-state index contributed by atoms with van der Waals surface area (Å²) in [4.78, 5) is 1.01. The van der Waals surface area contributed by atoms with Crippen LogP contribution in [0.3, 0.4) is 0 Å². The minimum Gasteiger partial charge on any atom is -0.506 e. The number of hydrogen-bond acceptors (Lipinski definition) is 5. The Balaban J connectivity index is 2.28. The molecule has 0 saturated carbocycles. The van der Waals surface area contributed by atoms with Crippen molar-refractivity contribution in [2.45, 2.75) is 24.3 Å². The van der Waals surface area contributed by atoms with E-state index in [1.807, 2.05) is 24.4 Å². The van der Waals surface area contributed by atoms with Gasteiger partial charge in [-0.25, -0.2) is 13.1 Å². The third kappa shape index (κ3) is 3.12. The van der Waals surface area contributed by atoms with Gasteiger partial charge < -0.3 is 10.8 Å². The molecule has 2 rings (SSSR count). The molecule has 0 aliphatic heterocycles. The van der Waals surface area contributed by atoms with Gasteiger partial charge in [0.2, 0.25) is 10.0 Å². The first kappa shape index (κ1) is 14.8. The Bertz CT molecular complexity index is 682. The zero-order valence-electron chi connectivity index (χ0n) is 10.9. The molecule has 2 aromatic rings. The van der Waals surface area contributed by atoms with Crippen molar-refractivity contribution in [1.29, 1.82) is 0 Å². The Labute approximate surface area is 122 Å². The number of rotatable bonds is 5. The number of thiophene rings is 1. The Kier molecular flexibility index (Phi) is 4.32. The van der Waals surface area contributed by atoms with Gasteiger partial charge in [0.25, 0.3) is 0 Å². The number of sulfonamides is 1. The summed E-state index contributed by atoms with van der Waals surface area (Å²) in [5.41, 5.74) is 5.57. The number of benzene rings is 1. The van der Waals surface area contributed by atoms with Crippen LogP contribution < -0.4 is 10.5 Å². The van der Waals surface area contributed by atoms with Gasteiger partial charge in [0.1, 0.15) is 5.75 Å². The van der Waals surface area contributed by atoms with Crippen molar-refractivity contribution >= 4 is 27.0 Å².